The van der Waals surface area contributed by atoms with Crippen LogP contribution in [0.4, 0.5) is 13.2 Å². The zero-order valence-corrected chi connectivity index (χ0v) is 11.1. The van der Waals surface area contributed by atoms with Crippen molar-refractivity contribution in [3.63, 3.8) is 0 Å². The van der Waals surface area contributed by atoms with Gasteiger partial charge in [0.2, 0.25) is 5.91 Å². The van der Waals surface area contributed by atoms with Gasteiger partial charge in [0, 0.05) is 13.2 Å². The maximum absolute atomic E-state index is 13.3. The summed E-state index contributed by atoms with van der Waals surface area (Å²) in [6, 6.07) is -0.269. The van der Waals surface area contributed by atoms with Crippen molar-refractivity contribution in [2.45, 2.75) is 44.0 Å². The van der Waals surface area contributed by atoms with Gasteiger partial charge in [-0.2, -0.15) is 13.2 Å². The summed E-state index contributed by atoms with van der Waals surface area (Å²) in [5.41, 5.74) is -2.27. The lowest BCUT2D eigenvalue weighted by Crippen LogP contribution is -2.55. The molecule has 7 heteroatoms. The number of hydrogen-bond acceptors (Lipinski definition) is 3. The van der Waals surface area contributed by atoms with E-state index in [9.17, 15) is 18.0 Å². The summed E-state index contributed by atoms with van der Waals surface area (Å²) >= 11 is 0. The molecule has 3 unspecified atom stereocenters. The topological polar surface area (TPSA) is 50.4 Å². The Balaban J connectivity index is 1.71. The van der Waals surface area contributed by atoms with Gasteiger partial charge >= 0.3 is 6.18 Å². The van der Waals surface area contributed by atoms with Crippen LogP contribution in [0, 0.1) is 11.3 Å². The minimum atomic E-state index is -4.52. The fraction of sp³-hybridized carbons (Fsp3) is 0.923. The smallest absolute Gasteiger partial charge is 0.376 e. The predicted molar refractivity (Wildman–Crippen MR) is 65.0 cm³/mol. The molecule has 0 aromatic carbocycles. The molecular weight excluding hydrogens is 273 g/mol. The summed E-state index contributed by atoms with van der Waals surface area (Å²) in [4.78, 5) is 12.2. The molecule has 2 N–H and O–H groups in total. The Morgan fingerprint density at radius 1 is 1.30 bits per heavy atom. The summed E-state index contributed by atoms with van der Waals surface area (Å²) in [5, 5.41) is 5.28. The first kappa shape index (κ1) is 14.1. The number of carbonyl (C=O) groups is 1. The number of hydrogen-bond donors (Lipinski definition) is 2. The summed E-state index contributed by atoms with van der Waals surface area (Å²) in [6.07, 6.45) is -2.11. The van der Waals surface area contributed by atoms with E-state index in [2.05, 4.69) is 10.6 Å². The van der Waals surface area contributed by atoms with E-state index in [0.29, 0.717) is 18.9 Å². The van der Waals surface area contributed by atoms with Gasteiger partial charge in [0.25, 0.3) is 0 Å². The van der Waals surface area contributed by atoms with Crippen LogP contribution in [0.1, 0.15) is 25.7 Å². The van der Waals surface area contributed by atoms with Gasteiger partial charge < -0.3 is 15.4 Å². The molecule has 3 fully saturated rings. The predicted octanol–water partition coefficient (Wildman–Crippen LogP) is 1.21. The van der Waals surface area contributed by atoms with E-state index in [1.165, 1.54) is 0 Å². The number of rotatable bonds is 3. The fourth-order valence-corrected chi connectivity index (χ4v) is 3.22. The Labute approximate surface area is 115 Å². The Morgan fingerprint density at radius 2 is 2.05 bits per heavy atom. The number of ether oxygens (including phenoxy) is 1. The second kappa shape index (κ2) is 4.87. The highest BCUT2D eigenvalue weighted by atomic mass is 19.4. The lowest BCUT2D eigenvalue weighted by Gasteiger charge is -2.31. The molecule has 1 saturated carbocycles. The molecule has 4 nitrogen and oxygen atoms in total. The SMILES string of the molecule is O=C(NC1CCOC1C1CC1)C1(C(F)(F)F)CCNC1. The standard InChI is InChI=1S/C13H19F3N2O2/c14-13(15,16)12(4-5-17-7-12)11(19)18-9-3-6-20-10(9)8-1-2-8/h8-10,17H,1-7H2,(H,18,19). The van der Waals surface area contributed by atoms with Crippen LogP contribution in [0.15, 0.2) is 0 Å². The van der Waals surface area contributed by atoms with E-state index in [0.717, 1.165) is 12.8 Å². The number of amides is 1. The van der Waals surface area contributed by atoms with Gasteiger partial charge in [-0.3, -0.25) is 4.79 Å². The molecule has 1 amide bonds. The molecule has 0 bridgehead atoms. The molecule has 0 aromatic rings. The van der Waals surface area contributed by atoms with Gasteiger partial charge in [0.15, 0.2) is 5.41 Å². The first-order valence-corrected chi connectivity index (χ1v) is 7.14. The fourth-order valence-electron chi connectivity index (χ4n) is 3.22. The third-order valence-corrected chi connectivity index (χ3v) is 4.67. The minimum Gasteiger partial charge on any atom is -0.376 e. The molecule has 0 spiro atoms. The first-order chi connectivity index (χ1) is 9.44. The van der Waals surface area contributed by atoms with Crippen molar-refractivity contribution in [2.75, 3.05) is 19.7 Å². The molecule has 3 rings (SSSR count). The number of nitrogens with one attached hydrogen (secondary N) is 2. The van der Waals surface area contributed by atoms with Crippen molar-refractivity contribution >= 4 is 5.91 Å². The molecule has 1 aliphatic carbocycles. The van der Waals surface area contributed by atoms with Crippen LogP contribution in [0.2, 0.25) is 0 Å². The van der Waals surface area contributed by atoms with Crippen molar-refractivity contribution in [3.05, 3.63) is 0 Å². The molecule has 0 aromatic heterocycles. The van der Waals surface area contributed by atoms with Crippen LogP contribution in [0.5, 0.6) is 0 Å². The van der Waals surface area contributed by atoms with Gasteiger partial charge in [-0.1, -0.05) is 0 Å². The molecular formula is C13H19F3N2O2. The van der Waals surface area contributed by atoms with Crippen LogP contribution >= 0.6 is 0 Å². The lowest BCUT2D eigenvalue weighted by atomic mass is 9.84. The third-order valence-electron chi connectivity index (χ3n) is 4.67. The molecule has 2 saturated heterocycles. The molecule has 3 aliphatic rings. The van der Waals surface area contributed by atoms with Crippen LogP contribution in [0.3, 0.4) is 0 Å². The van der Waals surface area contributed by atoms with E-state index >= 15 is 0 Å². The molecule has 20 heavy (non-hydrogen) atoms. The van der Waals surface area contributed by atoms with Crippen LogP contribution in [0.25, 0.3) is 0 Å². The van der Waals surface area contributed by atoms with Crippen LogP contribution < -0.4 is 10.6 Å². The summed E-state index contributed by atoms with van der Waals surface area (Å²) in [6.45, 7) is 0.410. The Morgan fingerprint density at radius 3 is 2.60 bits per heavy atom. The highest BCUT2D eigenvalue weighted by Crippen LogP contribution is 2.44. The van der Waals surface area contributed by atoms with Crippen molar-refractivity contribution in [1.29, 1.82) is 0 Å². The van der Waals surface area contributed by atoms with Gasteiger partial charge in [-0.05, 0) is 38.1 Å². The number of halogens is 3. The molecule has 114 valence electrons. The van der Waals surface area contributed by atoms with Gasteiger partial charge in [-0.15, -0.1) is 0 Å². The summed E-state index contributed by atoms with van der Waals surface area (Å²) < 4.78 is 45.4. The quantitative estimate of drug-likeness (QED) is 0.822. The lowest BCUT2D eigenvalue weighted by molar-refractivity contribution is -0.216. The van der Waals surface area contributed by atoms with Crippen molar-refractivity contribution in [2.24, 2.45) is 11.3 Å². The maximum Gasteiger partial charge on any atom is 0.404 e. The Bertz CT molecular complexity index is 390. The molecule has 2 aliphatic heterocycles. The van der Waals surface area contributed by atoms with E-state index in [-0.39, 0.29) is 31.7 Å². The number of carbonyl (C=O) groups excluding carboxylic acids is 1. The second-order valence-electron chi connectivity index (χ2n) is 6.05. The van der Waals surface area contributed by atoms with Gasteiger partial charge in [-0.25, -0.2) is 0 Å². The monoisotopic (exact) mass is 292 g/mol. The molecule has 2 heterocycles. The van der Waals surface area contributed by atoms with E-state index in [1.54, 1.807) is 0 Å². The average molecular weight is 292 g/mol. The minimum absolute atomic E-state index is 0.0985. The number of alkyl halides is 3. The van der Waals surface area contributed by atoms with Crippen molar-refractivity contribution < 1.29 is 22.7 Å². The normalized spacial score (nSPS) is 38.1. The van der Waals surface area contributed by atoms with Crippen LogP contribution in [-0.2, 0) is 9.53 Å². The van der Waals surface area contributed by atoms with Gasteiger partial charge in [0.1, 0.15) is 0 Å². The Kier molecular flexibility index (Phi) is 3.44. The van der Waals surface area contributed by atoms with Crippen molar-refractivity contribution in [3.8, 4) is 0 Å². The average Bonchev–Trinajstić information content (AvgIpc) is 2.92. The Hall–Kier alpha value is -0.820. The van der Waals surface area contributed by atoms with Crippen LogP contribution in [-0.4, -0.2) is 43.9 Å². The summed E-state index contributed by atoms with van der Waals surface area (Å²) in [7, 11) is 0. The van der Waals surface area contributed by atoms with Crippen molar-refractivity contribution in [1.82, 2.24) is 10.6 Å². The van der Waals surface area contributed by atoms with E-state index < -0.39 is 17.5 Å². The first-order valence-electron chi connectivity index (χ1n) is 7.14. The molecule has 3 atom stereocenters. The van der Waals surface area contributed by atoms with E-state index in [4.69, 9.17) is 4.74 Å². The summed E-state index contributed by atoms with van der Waals surface area (Å²) in [5.74, 6) is -0.484. The highest BCUT2D eigenvalue weighted by Gasteiger charge is 2.62. The third kappa shape index (κ3) is 2.30. The molecule has 0 radical (unpaired) electrons. The largest absolute Gasteiger partial charge is 0.404 e. The highest BCUT2D eigenvalue weighted by molar-refractivity contribution is 5.84. The second-order valence-corrected chi connectivity index (χ2v) is 6.05. The zero-order valence-electron chi connectivity index (χ0n) is 11.1. The van der Waals surface area contributed by atoms with Gasteiger partial charge in [0.05, 0.1) is 12.1 Å². The van der Waals surface area contributed by atoms with E-state index in [1.807, 2.05) is 0 Å². The zero-order chi connectivity index (χ0) is 14.4. The maximum atomic E-state index is 13.3.